The Kier molecular flexibility index (Phi) is 8.38. The van der Waals surface area contributed by atoms with Crippen molar-refractivity contribution in [2.45, 2.75) is 27.3 Å². The summed E-state index contributed by atoms with van der Waals surface area (Å²) < 4.78 is 8.05. The van der Waals surface area contributed by atoms with E-state index in [1.54, 1.807) is 30.4 Å². The largest absolute Gasteiger partial charge is 0.455 e. The predicted octanol–water partition coefficient (Wildman–Crippen LogP) is 6.08. The van der Waals surface area contributed by atoms with Crippen molar-refractivity contribution in [1.82, 2.24) is 4.57 Å². The number of aromatic nitrogens is 1. The van der Waals surface area contributed by atoms with E-state index in [2.05, 4.69) is 11.5 Å². The third-order valence-electron chi connectivity index (χ3n) is 4.55. The van der Waals surface area contributed by atoms with Crippen LogP contribution >= 0.6 is 0 Å². The standard InChI is InChI=1S/C26H21N5O/c1-4-31-24(20(3)9-8-19(2)14-22(17-29)18-30)11-12-25(31)26-13-10-23(32-26)7-5-6-21(15-27)16-28/h5-14H,4H2,1-3H3/b7-5+,19-8+,20-9+. The topological polar surface area (TPSA) is 113 Å². The third-order valence-corrected chi connectivity index (χ3v) is 4.55. The van der Waals surface area contributed by atoms with Crippen LogP contribution < -0.4 is 0 Å². The molecule has 2 rings (SSSR count). The molecule has 0 atom stereocenters. The van der Waals surface area contributed by atoms with E-state index >= 15 is 0 Å². The number of hydrogen-bond acceptors (Lipinski definition) is 5. The van der Waals surface area contributed by atoms with Crippen LogP contribution in [0.1, 0.15) is 32.2 Å². The second-order valence-electron chi connectivity index (χ2n) is 6.76. The van der Waals surface area contributed by atoms with Crippen LogP contribution in [-0.4, -0.2) is 4.57 Å². The van der Waals surface area contributed by atoms with E-state index < -0.39 is 0 Å². The molecule has 0 bridgehead atoms. The van der Waals surface area contributed by atoms with Crippen molar-refractivity contribution in [3.8, 4) is 35.7 Å². The smallest absolute Gasteiger partial charge is 0.151 e. The Morgan fingerprint density at radius 3 is 2.22 bits per heavy atom. The lowest BCUT2D eigenvalue weighted by atomic mass is 10.1. The van der Waals surface area contributed by atoms with Crippen LogP contribution in [0.25, 0.3) is 23.1 Å². The van der Waals surface area contributed by atoms with Gasteiger partial charge in [-0.05, 0) is 74.4 Å². The van der Waals surface area contributed by atoms with Crippen molar-refractivity contribution in [3.05, 3.63) is 82.8 Å². The van der Waals surface area contributed by atoms with Gasteiger partial charge >= 0.3 is 0 Å². The summed E-state index contributed by atoms with van der Waals surface area (Å²) in [6.07, 6.45) is 10.1. The molecule has 2 aromatic rings. The molecule has 0 amide bonds. The van der Waals surface area contributed by atoms with E-state index in [1.165, 1.54) is 6.08 Å². The van der Waals surface area contributed by atoms with E-state index in [0.717, 1.165) is 29.1 Å². The minimum atomic E-state index is 0.0241. The van der Waals surface area contributed by atoms with E-state index in [-0.39, 0.29) is 11.1 Å². The van der Waals surface area contributed by atoms with Crippen molar-refractivity contribution in [1.29, 1.82) is 21.0 Å². The summed E-state index contributed by atoms with van der Waals surface area (Å²) in [4.78, 5) is 0. The van der Waals surface area contributed by atoms with Crippen LogP contribution in [0.3, 0.4) is 0 Å². The first-order valence-corrected chi connectivity index (χ1v) is 9.83. The minimum Gasteiger partial charge on any atom is -0.455 e. The highest BCUT2D eigenvalue weighted by molar-refractivity contribution is 5.68. The van der Waals surface area contributed by atoms with E-state index in [4.69, 9.17) is 25.5 Å². The van der Waals surface area contributed by atoms with Gasteiger partial charge in [-0.15, -0.1) is 0 Å². The molecule has 2 heterocycles. The Hall–Kier alpha value is -4.78. The highest BCUT2D eigenvalue weighted by atomic mass is 16.3. The lowest BCUT2D eigenvalue weighted by Crippen LogP contribution is -2.00. The molecule has 6 nitrogen and oxygen atoms in total. The van der Waals surface area contributed by atoms with Crippen molar-refractivity contribution in [2.75, 3.05) is 0 Å². The average Bonchev–Trinajstić information content (AvgIpc) is 3.45. The molecule has 0 spiro atoms. The summed E-state index contributed by atoms with van der Waals surface area (Å²) in [6, 6.07) is 15.0. The Labute approximate surface area is 187 Å². The summed E-state index contributed by atoms with van der Waals surface area (Å²) in [6.45, 7) is 6.63. The summed E-state index contributed by atoms with van der Waals surface area (Å²) in [5.74, 6) is 1.32. The first-order valence-electron chi connectivity index (χ1n) is 9.83. The molecule has 0 saturated heterocycles. The maximum Gasteiger partial charge on any atom is 0.151 e. The summed E-state index contributed by atoms with van der Waals surface area (Å²) in [7, 11) is 0. The Balaban J connectivity index is 2.32. The molecular formula is C26H21N5O. The van der Waals surface area contributed by atoms with Gasteiger partial charge in [0.25, 0.3) is 0 Å². The zero-order valence-electron chi connectivity index (χ0n) is 18.1. The number of nitrogens with zero attached hydrogens (tertiary/aromatic N) is 5. The van der Waals surface area contributed by atoms with E-state index in [0.29, 0.717) is 11.5 Å². The van der Waals surface area contributed by atoms with Gasteiger partial charge < -0.3 is 8.98 Å². The summed E-state index contributed by atoms with van der Waals surface area (Å²) in [5.41, 5.74) is 3.88. The fraction of sp³-hybridized carbons (Fsp3) is 0.154. The quantitative estimate of drug-likeness (QED) is 0.399. The summed E-state index contributed by atoms with van der Waals surface area (Å²) in [5, 5.41) is 35.3. The highest BCUT2D eigenvalue weighted by Gasteiger charge is 2.12. The van der Waals surface area contributed by atoms with Crippen molar-refractivity contribution >= 4 is 11.6 Å². The molecule has 0 fully saturated rings. The van der Waals surface area contributed by atoms with Crippen LogP contribution in [0.4, 0.5) is 0 Å². The van der Waals surface area contributed by atoms with Crippen molar-refractivity contribution < 1.29 is 4.42 Å². The van der Waals surface area contributed by atoms with Crippen LogP contribution in [-0.2, 0) is 6.54 Å². The lowest BCUT2D eigenvalue weighted by Gasteiger charge is -2.10. The Morgan fingerprint density at radius 1 is 0.906 bits per heavy atom. The molecule has 0 radical (unpaired) electrons. The van der Waals surface area contributed by atoms with Gasteiger partial charge in [-0.2, -0.15) is 21.0 Å². The molecule has 0 aliphatic rings. The van der Waals surface area contributed by atoms with Crippen LogP contribution in [0.15, 0.2) is 75.8 Å². The fourth-order valence-corrected chi connectivity index (χ4v) is 2.99. The minimum absolute atomic E-state index is 0.0241. The summed E-state index contributed by atoms with van der Waals surface area (Å²) >= 11 is 0. The van der Waals surface area contributed by atoms with Gasteiger partial charge in [0.15, 0.2) is 5.76 Å². The molecule has 32 heavy (non-hydrogen) atoms. The first-order chi connectivity index (χ1) is 15.5. The predicted molar refractivity (Wildman–Crippen MR) is 123 cm³/mol. The number of nitriles is 4. The molecule has 0 aliphatic carbocycles. The normalized spacial score (nSPS) is 11.2. The maximum atomic E-state index is 8.88. The second kappa shape index (κ2) is 11.4. The molecule has 0 saturated carbocycles. The van der Waals surface area contributed by atoms with Gasteiger partial charge in [-0.1, -0.05) is 18.2 Å². The zero-order chi connectivity index (χ0) is 23.5. The van der Waals surface area contributed by atoms with Gasteiger partial charge in [-0.3, -0.25) is 0 Å². The van der Waals surface area contributed by atoms with E-state index in [1.807, 2.05) is 62.4 Å². The molecule has 6 heteroatoms. The van der Waals surface area contributed by atoms with Gasteiger partial charge in [-0.25, -0.2) is 0 Å². The molecule has 0 N–H and O–H groups in total. The molecular weight excluding hydrogens is 398 g/mol. The molecule has 156 valence electrons. The average molecular weight is 419 g/mol. The third kappa shape index (κ3) is 5.87. The molecule has 0 aromatic carbocycles. The Morgan fingerprint density at radius 2 is 1.59 bits per heavy atom. The zero-order valence-corrected chi connectivity index (χ0v) is 18.1. The fourth-order valence-electron chi connectivity index (χ4n) is 2.99. The SMILES string of the molecule is CCn1c(/C(C)=C/C=C(\C)C=C(C#N)C#N)ccc1-c1ccc(/C=C/C=C(C#N)C#N)o1. The number of rotatable bonds is 7. The van der Waals surface area contributed by atoms with Gasteiger partial charge in [0.1, 0.15) is 41.2 Å². The number of hydrogen-bond donors (Lipinski definition) is 0. The van der Waals surface area contributed by atoms with Crippen LogP contribution in [0.5, 0.6) is 0 Å². The van der Waals surface area contributed by atoms with Gasteiger partial charge in [0.05, 0.1) is 5.69 Å². The Bertz CT molecular complexity index is 1280. The van der Waals surface area contributed by atoms with Gasteiger partial charge in [0.2, 0.25) is 0 Å². The molecule has 2 aromatic heterocycles. The van der Waals surface area contributed by atoms with Crippen molar-refractivity contribution in [2.24, 2.45) is 0 Å². The molecule has 0 aliphatic heterocycles. The van der Waals surface area contributed by atoms with E-state index in [9.17, 15) is 0 Å². The monoisotopic (exact) mass is 419 g/mol. The number of allylic oxidation sites excluding steroid dienone is 9. The van der Waals surface area contributed by atoms with Crippen LogP contribution in [0.2, 0.25) is 0 Å². The first kappa shape index (κ1) is 23.5. The van der Waals surface area contributed by atoms with Gasteiger partial charge in [0, 0.05) is 12.2 Å². The number of furan rings is 1. The molecule has 0 unspecified atom stereocenters. The van der Waals surface area contributed by atoms with Crippen LogP contribution in [0, 0.1) is 45.3 Å². The second-order valence-corrected chi connectivity index (χ2v) is 6.76. The van der Waals surface area contributed by atoms with Crippen molar-refractivity contribution in [3.63, 3.8) is 0 Å². The lowest BCUT2D eigenvalue weighted by molar-refractivity contribution is 0.563. The maximum absolute atomic E-state index is 8.88. The highest BCUT2D eigenvalue weighted by Crippen LogP contribution is 2.28.